The maximum absolute atomic E-state index is 12.9. The first-order valence-electron chi connectivity index (χ1n) is 12.0. The van der Waals surface area contributed by atoms with Crippen molar-refractivity contribution < 1.29 is 28.6 Å². The number of amides is 3. The zero-order valence-electron chi connectivity index (χ0n) is 21.2. The van der Waals surface area contributed by atoms with Gasteiger partial charge in [-0.05, 0) is 60.7 Å². The largest absolute Gasteiger partial charge is 0.497 e. The average Bonchev–Trinajstić information content (AvgIpc) is 2.97. The minimum atomic E-state index is -0.404. The van der Waals surface area contributed by atoms with Crippen molar-refractivity contribution in [2.45, 2.75) is 0 Å². The van der Waals surface area contributed by atoms with Gasteiger partial charge in [-0.15, -0.1) is 0 Å². The Labute approximate surface area is 225 Å². The van der Waals surface area contributed by atoms with Crippen molar-refractivity contribution in [1.29, 1.82) is 0 Å². The van der Waals surface area contributed by atoms with E-state index < -0.39 is 11.8 Å². The van der Waals surface area contributed by atoms with Crippen LogP contribution in [-0.4, -0.2) is 38.0 Å². The zero-order chi connectivity index (χ0) is 27.5. The molecule has 0 aromatic heterocycles. The van der Waals surface area contributed by atoms with E-state index in [1.807, 2.05) is 36.4 Å². The van der Waals surface area contributed by atoms with Crippen LogP contribution in [0.25, 0.3) is 0 Å². The highest BCUT2D eigenvalue weighted by molar-refractivity contribution is 6.07. The van der Waals surface area contributed by atoms with Crippen LogP contribution in [0.15, 0.2) is 103 Å². The van der Waals surface area contributed by atoms with E-state index >= 15 is 0 Å². The first-order chi connectivity index (χ1) is 19.0. The fourth-order valence-corrected chi connectivity index (χ4v) is 3.48. The van der Waals surface area contributed by atoms with E-state index in [0.717, 1.165) is 0 Å². The number of ether oxygens (including phenoxy) is 3. The molecule has 39 heavy (non-hydrogen) atoms. The van der Waals surface area contributed by atoms with Gasteiger partial charge >= 0.3 is 0 Å². The molecule has 4 rings (SSSR count). The van der Waals surface area contributed by atoms with E-state index in [-0.39, 0.29) is 19.1 Å². The molecule has 0 saturated heterocycles. The fraction of sp³-hybridized carbons (Fsp3) is 0.100. The minimum Gasteiger partial charge on any atom is -0.497 e. The molecule has 9 heteroatoms. The average molecular weight is 526 g/mol. The van der Waals surface area contributed by atoms with E-state index in [2.05, 4.69) is 16.0 Å². The van der Waals surface area contributed by atoms with Crippen LogP contribution in [0, 0.1) is 0 Å². The Hall–Kier alpha value is -5.31. The second-order valence-electron chi connectivity index (χ2n) is 8.24. The van der Waals surface area contributed by atoms with Crippen LogP contribution in [0.2, 0.25) is 0 Å². The number of carbonyl (C=O) groups is 3. The molecule has 0 aliphatic rings. The summed E-state index contributed by atoms with van der Waals surface area (Å²) in [5.41, 5.74) is 1.61. The predicted octanol–water partition coefficient (Wildman–Crippen LogP) is 4.98. The highest BCUT2D eigenvalue weighted by Crippen LogP contribution is 2.28. The Kier molecular flexibility index (Phi) is 9.12. The van der Waals surface area contributed by atoms with Gasteiger partial charge in [0.15, 0.2) is 13.2 Å². The van der Waals surface area contributed by atoms with Crippen LogP contribution < -0.4 is 30.2 Å². The third-order valence-electron chi connectivity index (χ3n) is 5.41. The van der Waals surface area contributed by atoms with E-state index in [9.17, 15) is 14.4 Å². The molecular formula is C30H27N3O6. The molecule has 0 atom stereocenters. The van der Waals surface area contributed by atoms with Crippen molar-refractivity contribution in [2.24, 2.45) is 0 Å². The van der Waals surface area contributed by atoms with Crippen LogP contribution >= 0.6 is 0 Å². The summed E-state index contributed by atoms with van der Waals surface area (Å²) < 4.78 is 16.2. The Morgan fingerprint density at radius 2 is 1.15 bits per heavy atom. The number of benzene rings is 4. The summed E-state index contributed by atoms with van der Waals surface area (Å²) in [6, 6.07) is 29.3. The second-order valence-corrected chi connectivity index (χ2v) is 8.24. The van der Waals surface area contributed by atoms with E-state index in [4.69, 9.17) is 14.2 Å². The number of para-hydroxylation sites is 2. The topological polar surface area (TPSA) is 115 Å². The summed E-state index contributed by atoms with van der Waals surface area (Å²) in [7, 11) is 1.51. The molecule has 0 unspecified atom stereocenters. The lowest BCUT2D eigenvalue weighted by Gasteiger charge is -2.14. The number of anilines is 3. The maximum Gasteiger partial charge on any atom is 0.262 e. The lowest BCUT2D eigenvalue weighted by Crippen LogP contribution is -2.22. The van der Waals surface area contributed by atoms with Gasteiger partial charge in [0.25, 0.3) is 17.7 Å². The molecule has 0 spiro atoms. The molecule has 0 aliphatic carbocycles. The normalized spacial score (nSPS) is 10.2. The lowest BCUT2D eigenvalue weighted by atomic mass is 10.1. The molecule has 4 aromatic rings. The van der Waals surface area contributed by atoms with Gasteiger partial charge in [-0.25, -0.2) is 0 Å². The van der Waals surface area contributed by atoms with Gasteiger partial charge in [-0.1, -0.05) is 36.4 Å². The minimum absolute atomic E-state index is 0.144. The molecule has 0 bridgehead atoms. The summed E-state index contributed by atoms with van der Waals surface area (Å²) in [5, 5.41) is 8.27. The first kappa shape index (κ1) is 26.7. The Morgan fingerprint density at radius 1 is 0.590 bits per heavy atom. The van der Waals surface area contributed by atoms with E-state index in [1.54, 1.807) is 66.7 Å². The predicted molar refractivity (Wildman–Crippen MR) is 149 cm³/mol. The molecule has 0 heterocycles. The smallest absolute Gasteiger partial charge is 0.262 e. The van der Waals surface area contributed by atoms with Gasteiger partial charge in [0.1, 0.15) is 17.2 Å². The molecule has 4 aromatic carbocycles. The van der Waals surface area contributed by atoms with Gasteiger partial charge < -0.3 is 30.2 Å². The molecular weight excluding hydrogens is 498 g/mol. The first-order valence-corrected chi connectivity index (χ1v) is 12.0. The van der Waals surface area contributed by atoms with E-state index in [0.29, 0.717) is 39.9 Å². The highest BCUT2D eigenvalue weighted by atomic mass is 16.5. The van der Waals surface area contributed by atoms with Crippen molar-refractivity contribution in [3.63, 3.8) is 0 Å². The van der Waals surface area contributed by atoms with Crippen molar-refractivity contribution in [1.82, 2.24) is 0 Å². The molecule has 198 valence electrons. The molecule has 0 fully saturated rings. The second kappa shape index (κ2) is 13.3. The Balaban J connectivity index is 1.35. The van der Waals surface area contributed by atoms with Gasteiger partial charge in [0, 0.05) is 17.3 Å². The maximum atomic E-state index is 12.9. The number of nitrogens with one attached hydrogen (secondary N) is 3. The summed E-state index contributed by atoms with van der Waals surface area (Å²) >= 11 is 0. The Bertz CT molecular complexity index is 1410. The van der Waals surface area contributed by atoms with E-state index in [1.165, 1.54) is 7.11 Å². The molecule has 3 amide bonds. The third kappa shape index (κ3) is 8.09. The van der Waals surface area contributed by atoms with Gasteiger partial charge in [-0.2, -0.15) is 0 Å². The zero-order valence-corrected chi connectivity index (χ0v) is 21.2. The van der Waals surface area contributed by atoms with Gasteiger partial charge in [0.05, 0.1) is 18.5 Å². The highest BCUT2D eigenvalue weighted by Gasteiger charge is 2.14. The summed E-state index contributed by atoms with van der Waals surface area (Å²) in [6.07, 6.45) is 0. The quantitative estimate of drug-likeness (QED) is 0.254. The van der Waals surface area contributed by atoms with Crippen LogP contribution in [0.5, 0.6) is 17.2 Å². The van der Waals surface area contributed by atoms with Crippen LogP contribution in [-0.2, 0) is 9.59 Å². The number of hydrogen-bond acceptors (Lipinski definition) is 6. The third-order valence-corrected chi connectivity index (χ3v) is 5.41. The van der Waals surface area contributed by atoms with Crippen LogP contribution in [0.3, 0.4) is 0 Å². The number of rotatable bonds is 11. The summed E-state index contributed by atoms with van der Waals surface area (Å²) in [5.74, 6) is 0.530. The van der Waals surface area contributed by atoms with Crippen molar-refractivity contribution in [3.8, 4) is 17.2 Å². The standard InChI is InChI=1S/C30H27N3O6/c1-37-25-16-17-26(27(18-25)32-29(35)20-39-24-10-6-3-7-11-24)33-30(36)21-12-14-22(15-13-21)31-28(34)19-38-23-8-4-2-5-9-23/h2-18H,19-20H2,1H3,(H,31,34)(H,32,35)(H,33,36). The number of methoxy groups -OCH3 is 1. The monoisotopic (exact) mass is 525 g/mol. The SMILES string of the molecule is COc1ccc(NC(=O)c2ccc(NC(=O)COc3ccccc3)cc2)c(NC(=O)COc2ccccc2)c1. The molecule has 9 nitrogen and oxygen atoms in total. The van der Waals surface area contributed by atoms with Crippen LogP contribution in [0.4, 0.5) is 17.1 Å². The number of hydrogen-bond donors (Lipinski definition) is 3. The molecule has 0 saturated carbocycles. The number of carbonyl (C=O) groups excluding carboxylic acids is 3. The summed E-state index contributed by atoms with van der Waals surface area (Å²) in [6.45, 7) is -0.354. The van der Waals surface area contributed by atoms with Gasteiger partial charge in [0.2, 0.25) is 0 Å². The molecule has 0 aliphatic heterocycles. The van der Waals surface area contributed by atoms with Gasteiger partial charge in [-0.3, -0.25) is 14.4 Å². The van der Waals surface area contributed by atoms with Crippen molar-refractivity contribution >= 4 is 34.8 Å². The fourth-order valence-electron chi connectivity index (χ4n) is 3.48. The molecule has 0 radical (unpaired) electrons. The van der Waals surface area contributed by atoms with Crippen molar-refractivity contribution in [3.05, 3.63) is 109 Å². The van der Waals surface area contributed by atoms with Crippen LogP contribution in [0.1, 0.15) is 10.4 Å². The Morgan fingerprint density at radius 3 is 1.72 bits per heavy atom. The summed E-state index contributed by atoms with van der Waals surface area (Å²) in [4.78, 5) is 37.6. The molecule has 3 N–H and O–H groups in total. The lowest BCUT2D eigenvalue weighted by molar-refractivity contribution is -0.118. The van der Waals surface area contributed by atoms with Crippen molar-refractivity contribution in [2.75, 3.05) is 36.3 Å².